The van der Waals surface area contributed by atoms with E-state index in [0.717, 1.165) is 12.2 Å². The van der Waals surface area contributed by atoms with E-state index in [1.807, 2.05) is 26.0 Å². The molecule has 0 bridgehead atoms. The Bertz CT molecular complexity index is 426. The van der Waals surface area contributed by atoms with E-state index >= 15 is 0 Å². The van der Waals surface area contributed by atoms with Crippen LogP contribution >= 0.6 is 11.8 Å². The Hall–Kier alpha value is -1.20. The van der Waals surface area contributed by atoms with Gasteiger partial charge < -0.3 is 14.8 Å². The molecule has 0 aromatic carbocycles. The molecule has 2 atom stereocenters. The Kier molecular flexibility index (Phi) is 6.88. The summed E-state index contributed by atoms with van der Waals surface area (Å²) in [7, 11) is 0. The van der Waals surface area contributed by atoms with Crippen molar-refractivity contribution in [1.29, 1.82) is 0 Å². The number of amides is 1. The first-order chi connectivity index (χ1) is 9.45. The summed E-state index contributed by atoms with van der Waals surface area (Å²) >= 11 is 1.49. The number of hydrogen-bond donors (Lipinski definition) is 2. The highest BCUT2D eigenvalue weighted by molar-refractivity contribution is 8.01. The van der Waals surface area contributed by atoms with E-state index in [9.17, 15) is 9.90 Å². The lowest BCUT2D eigenvalue weighted by Crippen LogP contribution is -2.44. The number of hydrogen-bond acceptors (Lipinski definition) is 4. The van der Waals surface area contributed by atoms with Crippen LogP contribution in [-0.2, 0) is 10.5 Å². The lowest BCUT2D eigenvalue weighted by atomic mass is 9.89. The molecule has 0 aliphatic heterocycles. The largest absolute Gasteiger partial charge is 0.468 e. The fourth-order valence-electron chi connectivity index (χ4n) is 1.57. The number of thioether (sulfide) groups is 1. The molecule has 0 saturated heterocycles. The molecular formula is C15H23NO3S. The topological polar surface area (TPSA) is 62.5 Å². The highest BCUT2D eigenvalue weighted by Crippen LogP contribution is 2.18. The summed E-state index contributed by atoms with van der Waals surface area (Å²) in [4.78, 5) is 11.6. The van der Waals surface area contributed by atoms with Crippen LogP contribution in [0.15, 0.2) is 34.3 Å². The maximum Gasteiger partial charge on any atom is 0.244 e. The van der Waals surface area contributed by atoms with Crippen molar-refractivity contribution < 1.29 is 14.3 Å². The fourth-order valence-corrected chi connectivity index (χ4v) is 2.22. The average Bonchev–Trinajstić information content (AvgIpc) is 2.93. The number of nitrogens with one attached hydrogen (secondary N) is 1. The summed E-state index contributed by atoms with van der Waals surface area (Å²) in [6, 6.07) is 3.73. The summed E-state index contributed by atoms with van der Waals surface area (Å²) < 4.78 is 5.18. The Morgan fingerprint density at radius 3 is 3.00 bits per heavy atom. The van der Waals surface area contributed by atoms with Crippen LogP contribution in [0.1, 0.15) is 33.0 Å². The lowest BCUT2D eigenvalue weighted by Gasteiger charge is -2.29. The molecule has 1 rings (SSSR count). The molecule has 112 valence electrons. The van der Waals surface area contributed by atoms with Gasteiger partial charge in [0.25, 0.3) is 0 Å². The van der Waals surface area contributed by atoms with Crippen molar-refractivity contribution in [2.45, 2.75) is 38.5 Å². The van der Waals surface area contributed by atoms with Crippen molar-refractivity contribution in [1.82, 2.24) is 5.32 Å². The molecule has 1 heterocycles. The molecule has 0 spiro atoms. The van der Waals surface area contributed by atoms with Gasteiger partial charge >= 0.3 is 0 Å². The van der Waals surface area contributed by atoms with E-state index in [0.29, 0.717) is 5.75 Å². The molecular weight excluding hydrogens is 274 g/mol. The van der Waals surface area contributed by atoms with E-state index in [2.05, 4.69) is 5.32 Å². The van der Waals surface area contributed by atoms with Gasteiger partial charge in [-0.2, -0.15) is 0 Å². The number of furan rings is 1. The second-order valence-electron chi connectivity index (χ2n) is 5.08. The molecule has 4 nitrogen and oxygen atoms in total. The average molecular weight is 297 g/mol. The third-order valence-electron chi connectivity index (χ3n) is 3.42. The second kappa shape index (κ2) is 8.17. The summed E-state index contributed by atoms with van der Waals surface area (Å²) in [5, 5.41) is 14.6. The standard InChI is InChI=1S/C15H23NO3S/c1-4-12(2)15(3,18)11-16-14(17)7-9-20-10-13-6-5-8-19-13/h5-9,12,18H,4,10-11H2,1-3H3,(H,16,17). The molecule has 0 aliphatic carbocycles. The van der Waals surface area contributed by atoms with Gasteiger partial charge in [-0.15, -0.1) is 11.8 Å². The van der Waals surface area contributed by atoms with Gasteiger partial charge in [-0.25, -0.2) is 0 Å². The van der Waals surface area contributed by atoms with Gasteiger partial charge in [-0.05, 0) is 30.4 Å². The molecule has 0 fully saturated rings. The van der Waals surface area contributed by atoms with Gasteiger partial charge in [0.2, 0.25) is 5.91 Å². The van der Waals surface area contributed by atoms with Crippen molar-refractivity contribution in [3.63, 3.8) is 0 Å². The van der Waals surface area contributed by atoms with Crippen molar-refractivity contribution in [2.24, 2.45) is 5.92 Å². The van der Waals surface area contributed by atoms with Crippen LogP contribution in [-0.4, -0.2) is 23.2 Å². The molecule has 5 heteroatoms. The van der Waals surface area contributed by atoms with Gasteiger partial charge in [-0.1, -0.05) is 20.3 Å². The number of rotatable bonds is 8. The predicted octanol–water partition coefficient (Wildman–Crippen LogP) is 2.94. The third kappa shape index (κ3) is 5.84. The van der Waals surface area contributed by atoms with Gasteiger partial charge in [0.15, 0.2) is 0 Å². The minimum atomic E-state index is -0.875. The third-order valence-corrected chi connectivity index (χ3v) is 4.20. The van der Waals surface area contributed by atoms with E-state index < -0.39 is 5.60 Å². The minimum absolute atomic E-state index is 0.139. The highest BCUT2D eigenvalue weighted by Gasteiger charge is 2.26. The Morgan fingerprint density at radius 2 is 2.40 bits per heavy atom. The first-order valence-corrected chi connectivity index (χ1v) is 7.81. The van der Waals surface area contributed by atoms with Crippen molar-refractivity contribution in [2.75, 3.05) is 6.54 Å². The monoisotopic (exact) mass is 297 g/mol. The Balaban J connectivity index is 2.26. The van der Waals surface area contributed by atoms with E-state index in [4.69, 9.17) is 4.42 Å². The van der Waals surface area contributed by atoms with Crippen LogP contribution in [0.5, 0.6) is 0 Å². The summed E-state index contributed by atoms with van der Waals surface area (Å²) in [5.41, 5.74) is -0.875. The molecule has 0 saturated carbocycles. The van der Waals surface area contributed by atoms with Gasteiger partial charge in [0.1, 0.15) is 5.76 Å². The van der Waals surface area contributed by atoms with Crippen LogP contribution in [0.4, 0.5) is 0 Å². The predicted molar refractivity (Wildman–Crippen MR) is 82.2 cm³/mol. The van der Waals surface area contributed by atoms with E-state index in [1.54, 1.807) is 18.6 Å². The zero-order valence-electron chi connectivity index (χ0n) is 12.3. The minimum Gasteiger partial charge on any atom is -0.468 e. The zero-order chi connectivity index (χ0) is 15.0. The van der Waals surface area contributed by atoms with Crippen molar-refractivity contribution in [3.05, 3.63) is 35.6 Å². The van der Waals surface area contributed by atoms with Crippen LogP contribution in [0.2, 0.25) is 0 Å². The summed E-state index contributed by atoms with van der Waals surface area (Å²) in [5.74, 6) is 1.52. The second-order valence-corrected chi connectivity index (χ2v) is 5.97. The zero-order valence-corrected chi connectivity index (χ0v) is 13.1. The number of carbonyl (C=O) groups excluding carboxylic acids is 1. The van der Waals surface area contributed by atoms with Gasteiger partial charge in [0.05, 0.1) is 17.6 Å². The van der Waals surface area contributed by atoms with Crippen LogP contribution in [0, 0.1) is 5.92 Å². The van der Waals surface area contributed by atoms with Crippen LogP contribution in [0.25, 0.3) is 0 Å². The van der Waals surface area contributed by atoms with Gasteiger partial charge in [-0.3, -0.25) is 4.79 Å². The van der Waals surface area contributed by atoms with Gasteiger partial charge in [0, 0.05) is 12.6 Å². The maximum absolute atomic E-state index is 11.6. The van der Waals surface area contributed by atoms with Crippen molar-refractivity contribution >= 4 is 17.7 Å². The molecule has 2 unspecified atom stereocenters. The molecule has 0 radical (unpaired) electrons. The smallest absolute Gasteiger partial charge is 0.244 e. The number of carbonyl (C=O) groups is 1. The summed E-state index contributed by atoms with van der Waals surface area (Å²) in [6.07, 6.45) is 3.97. The first-order valence-electron chi connectivity index (χ1n) is 6.76. The van der Waals surface area contributed by atoms with E-state index in [1.165, 1.54) is 17.8 Å². The quantitative estimate of drug-likeness (QED) is 0.724. The molecule has 1 amide bonds. The normalized spacial score (nSPS) is 16.0. The SMILES string of the molecule is CCC(C)C(C)(O)CNC(=O)C=CSCc1ccco1. The van der Waals surface area contributed by atoms with Crippen LogP contribution in [0.3, 0.4) is 0 Å². The number of aliphatic hydroxyl groups is 1. The molecule has 1 aromatic heterocycles. The van der Waals surface area contributed by atoms with E-state index in [-0.39, 0.29) is 18.4 Å². The molecule has 2 N–H and O–H groups in total. The van der Waals surface area contributed by atoms with Crippen LogP contribution < -0.4 is 5.32 Å². The first kappa shape index (κ1) is 16.9. The Morgan fingerprint density at radius 1 is 1.65 bits per heavy atom. The van der Waals surface area contributed by atoms with Crippen molar-refractivity contribution in [3.8, 4) is 0 Å². The Labute approximate surface area is 124 Å². The summed E-state index contributed by atoms with van der Waals surface area (Å²) in [6.45, 7) is 6.00. The molecule has 20 heavy (non-hydrogen) atoms. The fraction of sp³-hybridized carbons (Fsp3) is 0.533. The molecule has 0 aliphatic rings. The maximum atomic E-state index is 11.6. The highest BCUT2D eigenvalue weighted by atomic mass is 32.2. The lowest BCUT2D eigenvalue weighted by molar-refractivity contribution is -0.118. The molecule has 1 aromatic rings.